The molecular formula is C14H15N3O4. The standard InChI is InChI=1S/C14H15N3O4/c1-9(13(18)19)7-10-3-5-11(6-4-10)17-8-12(15-16-17)14(20)21-2/h3-6,8-9H,7H2,1-2H3,(H,18,19)/t9-/m0/s1. The quantitative estimate of drug-likeness (QED) is 0.834. The number of hydrogen-bond acceptors (Lipinski definition) is 5. The Morgan fingerprint density at radius 3 is 2.57 bits per heavy atom. The van der Waals surface area contributed by atoms with Crippen molar-refractivity contribution in [1.29, 1.82) is 0 Å². The van der Waals surface area contributed by atoms with Crippen LogP contribution in [0.1, 0.15) is 23.0 Å². The fraction of sp³-hybridized carbons (Fsp3) is 0.286. The van der Waals surface area contributed by atoms with Crippen LogP contribution >= 0.6 is 0 Å². The van der Waals surface area contributed by atoms with E-state index in [-0.39, 0.29) is 5.69 Å². The zero-order valence-corrected chi connectivity index (χ0v) is 11.7. The van der Waals surface area contributed by atoms with Gasteiger partial charge in [-0.25, -0.2) is 9.48 Å². The maximum absolute atomic E-state index is 11.3. The Balaban J connectivity index is 2.13. The zero-order chi connectivity index (χ0) is 15.4. The van der Waals surface area contributed by atoms with Crippen molar-refractivity contribution in [2.75, 3.05) is 7.11 Å². The second-order valence-corrected chi connectivity index (χ2v) is 4.65. The number of aromatic nitrogens is 3. The van der Waals surface area contributed by atoms with Gasteiger partial charge in [0.1, 0.15) is 0 Å². The van der Waals surface area contributed by atoms with Gasteiger partial charge in [-0.15, -0.1) is 5.10 Å². The summed E-state index contributed by atoms with van der Waals surface area (Å²) in [6, 6.07) is 7.24. The lowest BCUT2D eigenvalue weighted by Crippen LogP contribution is -2.12. The van der Waals surface area contributed by atoms with Gasteiger partial charge < -0.3 is 9.84 Å². The molecule has 0 aliphatic heterocycles. The number of carboxylic acid groups (broad SMARTS) is 1. The Bertz CT molecular complexity index is 648. The monoisotopic (exact) mass is 289 g/mol. The third-order valence-electron chi connectivity index (χ3n) is 3.05. The molecule has 110 valence electrons. The van der Waals surface area contributed by atoms with E-state index >= 15 is 0 Å². The lowest BCUT2D eigenvalue weighted by atomic mass is 10.0. The zero-order valence-electron chi connectivity index (χ0n) is 11.7. The summed E-state index contributed by atoms with van der Waals surface area (Å²) < 4.78 is 6.02. The minimum Gasteiger partial charge on any atom is -0.481 e. The highest BCUT2D eigenvalue weighted by atomic mass is 16.5. The third kappa shape index (κ3) is 3.44. The van der Waals surface area contributed by atoms with Gasteiger partial charge >= 0.3 is 11.9 Å². The minimum absolute atomic E-state index is 0.126. The summed E-state index contributed by atoms with van der Waals surface area (Å²) in [4.78, 5) is 22.1. The maximum Gasteiger partial charge on any atom is 0.360 e. The van der Waals surface area contributed by atoms with Crippen molar-refractivity contribution in [3.05, 3.63) is 41.7 Å². The molecule has 0 bridgehead atoms. The first kappa shape index (κ1) is 14.7. The average molecular weight is 289 g/mol. The number of benzene rings is 1. The van der Waals surface area contributed by atoms with Gasteiger partial charge in [-0.3, -0.25) is 4.79 Å². The van der Waals surface area contributed by atoms with Crippen LogP contribution in [0.5, 0.6) is 0 Å². The van der Waals surface area contributed by atoms with Crippen LogP contribution in [0.15, 0.2) is 30.5 Å². The Morgan fingerprint density at radius 2 is 2.00 bits per heavy atom. The van der Waals surface area contributed by atoms with Crippen molar-refractivity contribution in [2.45, 2.75) is 13.3 Å². The summed E-state index contributed by atoms with van der Waals surface area (Å²) in [5.41, 5.74) is 1.77. The number of methoxy groups -OCH3 is 1. The van der Waals surface area contributed by atoms with Gasteiger partial charge in [0, 0.05) is 0 Å². The SMILES string of the molecule is COC(=O)c1cn(-c2ccc(C[C@H](C)C(=O)O)cc2)nn1. The molecule has 0 aliphatic rings. The summed E-state index contributed by atoms with van der Waals surface area (Å²) in [6.07, 6.45) is 1.93. The van der Waals surface area contributed by atoms with E-state index in [1.807, 2.05) is 12.1 Å². The molecule has 2 rings (SSSR count). The first-order valence-corrected chi connectivity index (χ1v) is 6.34. The van der Waals surface area contributed by atoms with Gasteiger partial charge in [-0.05, 0) is 24.1 Å². The van der Waals surface area contributed by atoms with Crippen LogP contribution in [0.25, 0.3) is 5.69 Å². The molecule has 7 heteroatoms. The number of esters is 1. The molecule has 0 radical (unpaired) electrons. The summed E-state index contributed by atoms with van der Waals surface area (Å²) in [5, 5.41) is 16.5. The maximum atomic E-state index is 11.3. The first-order chi connectivity index (χ1) is 10.0. The number of carbonyl (C=O) groups is 2. The highest BCUT2D eigenvalue weighted by Gasteiger charge is 2.13. The van der Waals surface area contributed by atoms with E-state index in [1.54, 1.807) is 19.1 Å². The van der Waals surface area contributed by atoms with Crippen molar-refractivity contribution >= 4 is 11.9 Å². The normalized spacial score (nSPS) is 11.9. The molecule has 1 N–H and O–H groups in total. The molecule has 7 nitrogen and oxygen atoms in total. The Kier molecular flexibility index (Phi) is 4.32. The summed E-state index contributed by atoms with van der Waals surface area (Å²) in [5.74, 6) is -1.81. The molecule has 0 amide bonds. The molecule has 0 saturated carbocycles. The Labute approximate surface area is 121 Å². The third-order valence-corrected chi connectivity index (χ3v) is 3.05. The molecule has 1 heterocycles. The predicted octanol–water partition coefficient (Wildman–Crippen LogP) is 1.32. The molecule has 2 aromatic rings. The summed E-state index contributed by atoms with van der Waals surface area (Å²) in [6.45, 7) is 1.66. The Morgan fingerprint density at radius 1 is 1.33 bits per heavy atom. The van der Waals surface area contributed by atoms with E-state index in [4.69, 9.17) is 5.11 Å². The van der Waals surface area contributed by atoms with E-state index in [1.165, 1.54) is 18.0 Å². The Hall–Kier alpha value is -2.70. The first-order valence-electron chi connectivity index (χ1n) is 6.34. The second-order valence-electron chi connectivity index (χ2n) is 4.65. The lowest BCUT2D eigenvalue weighted by molar-refractivity contribution is -0.141. The van der Waals surface area contributed by atoms with Crippen LogP contribution in [-0.4, -0.2) is 39.1 Å². The van der Waals surface area contributed by atoms with Crippen molar-refractivity contribution in [1.82, 2.24) is 15.0 Å². The molecule has 0 spiro atoms. The van der Waals surface area contributed by atoms with Crippen LogP contribution in [0.2, 0.25) is 0 Å². The van der Waals surface area contributed by atoms with E-state index in [0.717, 1.165) is 11.3 Å². The number of hydrogen-bond donors (Lipinski definition) is 1. The second kappa shape index (κ2) is 6.17. The number of aliphatic carboxylic acids is 1. The molecule has 1 atom stereocenters. The van der Waals surface area contributed by atoms with Gasteiger partial charge in [-0.2, -0.15) is 0 Å². The average Bonchev–Trinajstić information content (AvgIpc) is 2.97. The minimum atomic E-state index is -0.821. The molecule has 0 fully saturated rings. The summed E-state index contributed by atoms with van der Waals surface area (Å²) in [7, 11) is 1.28. The van der Waals surface area contributed by atoms with Gasteiger partial charge in [-0.1, -0.05) is 24.3 Å². The fourth-order valence-corrected chi connectivity index (χ4v) is 1.81. The van der Waals surface area contributed by atoms with Crippen LogP contribution < -0.4 is 0 Å². The highest BCUT2D eigenvalue weighted by molar-refractivity contribution is 5.86. The number of carbonyl (C=O) groups excluding carboxylic acids is 1. The molecule has 21 heavy (non-hydrogen) atoms. The molecule has 0 unspecified atom stereocenters. The van der Waals surface area contributed by atoms with E-state index in [9.17, 15) is 9.59 Å². The van der Waals surface area contributed by atoms with Crippen molar-refractivity contribution in [2.24, 2.45) is 5.92 Å². The predicted molar refractivity (Wildman–Crippen MR) is 73.2 cm³/mol. The largest absolute Gasteiger partial charge is 0.481 e. The molecule has 1 aromatic carbocycles. The van der Waals surface area contributed by atoms with Gasteiger partial charge in [0.2, 0.25) is 0 Å². The fourth-order valence-electron chi connectivity index (χ4n) is 1.81. The van der Waals surface area contributed by atoms with Gasteiger partial charge in [0.25, 0.3) is 0 Å². The van der Waals surface area contributed by atoms with Gasteiger partial charge in [0.05, 0.1) is 24.9 Å². The molecule has 1 aromatic heterocycles. The summed E-state index contributed by atoms with van der Waals surface area (Å²) >= 11 is 0. The smallest absolute Gasteiger partial charge is 0.360 e. The van der Waals surface area contributed by atoms with Crippen molar-refractivity contribution in [3.8, 4) is 5.69 Å². The molecule has 0 aliphatic carbocycles. The highest BCUT2D eigenvalue weighted by Crippen LogP contribution is 2.13. The number of carboxylic acids is 1. The van der Waals surface area contributed by atoms with E-state index < -0.39 is 17.9 Å². The van der Waals surface area contributed by atoms with Crippen LogP contribution in [0, 0.1) is 5.92 Å². The van der Waals surface area contributed by atoms with E-state index in [2.05, 4.69) is 15.0 Å². The number of rotatable bonds is 5. The van der Waals surface area contributed by atoms with Crippen molar-refractivity contribution < 1.29 is 19.4 Å². The van der Waals surface area contributed by atoms with Crippen LogP contribution in [-0.2, 0) is 16.0 Å². The van der Waals surface area contributed by atoms with E-state index in [0.29, 0.717) is 6.42 Å². The lowest BCUT2D eigenvalue weighted by Gasteiger charge is -2.07. The van der Waals surface area contributed by atoms with Crippen molar-refractivity contribution in [3.63, 3.8) is 0 Å². The topological polar surface area (TPSA) is 94.3 Å². The van der Waals surface area contributed by atoms with Crippen LogP contribution in [0.4, 0.5) is 0 Å². The molecular weight excluding hydrogens is 274 g/mol. The van der Waals surface area contributed by atoms with Crippen LogP contribution in [0.3, 0.4) is 0 Å². The molecule has 0 saturated heterocycles. The number of ether oxygens (including phenoxy) is 1. The van der Waals surface area contributed by atoms with Gasteiger partial charge in [0.15, 0.2) is 5.69 Å². The number of nitrogens with zero attached hydrogens (tertiary/aromatic N) is 3.